The topological polar surface area (TPSA) is 106 Å². The van der Waals surface area contributed by atoms with Gasteiger partial charge in [-0.1, -0.05) is 11.8 Å². The third kappa shape index (κ3) is 3.78. The number of ether oxygens (including phenoxy) is 1. The largest absolute Gasteiger partial charge is 0.394 e. The van der Waals surface area contributed by atoms with Crippen LogP contribution in [0.3, 0.4) is 0 Å². The predicted molar refractivity (Wildman–Crippen MR) is 75.8 cm³/mol. The fraction of sp³-hybridized carbons (Fsp3) is 0.462. The lowest BCUT2D eigenvalue weighted by Crippen LogP contribution is -2.46. The Balaban J connectivity index is 2.26. The summed E-state index contributed by atoms with van der Waals surface area (Å²) in [5.74, 6) is 5.41. The van der Waals surface area contributed by atoms with Crippen LogP contribution in [0.5, 0.6) is 0 Å². The summed E-state index contributed by atoms with van der Waals surface area (Å²) in [6.07, 6.45) is 2.27. The fourth-order valence-corrected chi connectivity index (χ4v) is 3.40. The van der Waals surface area contributed by atoms with E-state index >= 15 is 0 Å². The minimum absolute atomic E-state index is 0.0740. The van der Waals surface area contributed by atoms with Crippen LogP contribution < -0.4 is 5.73 Å². The first-order valence-electron chi connectivity index (χ1n) is 6.44. The first-order chi connectivity index (χ1) is 10.1. The Morgan fingerprint density at radius 3 is 3.05 bits per heavy atom. The number of sulfonamides is 1. The Kier molecular flexibility index (Phi) is 5.27. The average Bonchev–Trinajstić information content (AvgIpc) is 2.53. The highest BCUT2D eigenvalue weighted by Gasteiger charge is 2.30. The first-order valence-corrected chi connectivity index (χ1v) is 7.88. The van der Waals surface area contributed by atoms with Crippen molar-refractivity contribution < 1.29 is 18.3 Å². The highest BCUT2D eigenvalue weighted by atomic mass is 32.2. The number of aromatic nitrogens is 1. The number of aliphatic hydroxyl groups excluding tert-OH is 1. The van der Waals surface area contributed by atoms with Gasteiger partial charge in [-0.2, -0.15) is 4.31 Å². The Morgan fingerprint density at radius 1 is 1.52 bits per heavy atom. The minimum atomic E-state index is -3.67. The molecule has 0 bridgehead atoms. The summed E-state index contributed by atoms with van der Waals surface area (Å²) in [7, 11) is -3.67. The van der Waals surface area contributed by atoms with E-state index in [1.54, 1.807) is 0 Å². The van der Waals surface area contributed by atoms with Crippen LogP contribution in [0.25, 0.3) is 0 Å². The molecular formula is C13H17N3O4S. The number of nitrogens with two attached hydrogens (primary N) is 1. The van der Waals surface area contributed by atoms with Crippen molar-refractivity contribution in [1.29, 1.82) is 0 Å². The second-order valence-electron chi connectivity index (χ2n) is 4.45. The van der Waals surface area contributed by atoms with Crippen LogP contribution in [-0.2, 0) is 14.8 Å². The van der Waals surface area contributed by atoms with Crippen molar-refractivity contribution in [2.24, 2.45) is 5.73 Å². The van der Waals surface area contributed by atoms with Crippen LogP contribution in [-0.4, -0.2) is 61.8 Å². The van der Waals surface area contributed by atoms with Crippen LogP contribution in [0.15, 0.2) is 23.4 Å². The van der Waals surface area contributed by atoms with E-state index in [1.165, 1.54) is 22.8 Å². The van der Waals surface area contributed by atoms with E-state index in [9.17, 15) is 8.42 Å². The molecule has 1 fully saturated rings. The number of hydrogen-bond donors (Lipinski definition) is 2. The molecule has 0 amide bonds. The SMILES string of the molecule is NCC#Cc1cncc(S(=O)(=O)N2CCOC(CO)C2)c1. The van der Waals surface area contributed by atoms with Gasteiger partial charge in [0.15, 0.2) is 0 Å². The van der Waals surface area contributed by atoms with Crippen molar-refractivity contribution in [2.45, 2.75) is 11.0 Å². The summed E-state index contributed by atoms with van der Waals surface area (Å²) in [6, 6.07) is 1.47. The second kappa shape index (κ2) is 6.98. The van der Waals surface area contributed by atoms with Gasteiger partial charge in [-0.3, -0.25) is 4.98 Å². The maximum Gasteiger partial charge on any atom is 0.244 e. The molecule has 1 aliphatic rings. The molecule has 0 spiro atoms. The van der Waals surface area contributed by atoms with Crippen molar-refractivity contribution in [3.8, 4) is 11.8 Å². The molecule has 0 aromatic carbocycles. The number of nitrogens with zero attached hydrogens (tertiary/aromatic N) is 2. The number of pyridine rings is 1. The number of rotatable bonds is 3. The Hall–Kier alpha value is -1.50. The van der Waals surface area contributed by atoms with Gasteiger partial charge < -0.3 is 15.6 Å². The molecule has 21 heavy (non-hydrogen) atoms. The molecule has 1 aromatic heterocycles. The third-order valence-corrected chi connectivity index (χ3v) is 4.82. The van der Waals surface area contributed by atoms with Gasteiger partial charge in [0.1, 0.15) is 4.90 Å². The normalized spacial score (nSPS) is 19.8. The zero-order chi connectivity index (χ0) is 15.3. The molecule has 1 saturated heterocycles. The van der Waals surface area contributed by atoms with Gasteiger partial charge >= 0.3 is 0 Å². The van der Waals surface area contributed by atoms with Crippen LogP contribution in [0.4, 0.5) is 0 Å². The van der Waals surface area contributed by atoms with Gasteiger partial charge in [0.05, 0.1) is 25.9 Å². The van der Waals surface area contributed by atoms with Crippen molar-refractivity contribution in [3.63, 3.8) is 0 Å². The zero-order valence-electron chi connectivity index (χ0n) is 11.4. The smallest absolute Gasteiger partial charge is 0.244 e. The summed E-state index contributed by atoms with van der Waals surface area (Å²) >= 11 is 0. The molecular weight excluding hydrogens is 294 g/mol. The molecule has 7 nitrogen and oxygen atoms in total. The molecule has 0 radical (unpaired) electrons. The Labute approximate surface area is 123 Å². The second-order valence-corrected chi connectivity index (χ2v) is 6.39. The molecule has 8 heteroatoms. The van der Waals surface area contributed by atoms with Gasteiger partial charge in [-0.05, 0) is 6.07 Å². The summed E-state index contributed by atoms with van der Waals surface area (Å²) in [6.45, 7) is 0.602. The van der Waals surface area contributed by atoms with E-state index in [-0.39, 0.29) is 37.7 Å². The van der Waals surface area contributed by atoms with Gasteiger partial charge in [0.25, 0.3) is 0 Å². The van der Waals surface area contributed by atoms with Crippen molar-refractivity contribution in [3.05, 3.63) is 24.0 Å². The molecule has 0 saturated carbocycles. The summed E-state index contributed by atoms with van der Waals surface area (Å²) in [5, 5.41) is 9.10. The Bertz CT molecular complexity index is 651. The summed E-state index contributed by atoms with van der Waals surface area (Å²) in [4.78, 5) is 3.98. The first kappa shape index (κ1) is 15.9. The molecule has 0 aliphatic carbocycles. The number of aliphatic hydroxyl groups is 1. The molecule has 2 rings (SSSR count). The zero-order valence-corrected chi connectivity index (χ0v) is 12.2. The van der Waals surface area contributed by atoms with Crippen molar-refractivity contribution in [2.75, 3.05) is 32.8 Å². The summed E-state index contributed by atoms with van der Waals surface area (Å²) in [5.41, 5.74) is 5.78. The van der Waals surface area contributed by atoms with E-state index in [0.717, 1.165) is 0 Å². The average molecular weight is 311 g/mol. The number of hydrogen-bond acceptors (Lipinski definition) is 6. The summed E-state index contributed by atoms with van der Waals surface area (Å²) < 4.78 is 31.6. The van der Waals surface area contributed by atoms with Crippen molar-refractivity contribution >= 4 is 10.0 Å². The van der Waals surface area contributed by atoms with E-state index in [0.29, 0.717) is 5.56 Å². The third-order valence-electron chi connectivity index (χ3n) is 2.99. The van der Waals surface area contributed by atoms with Gasteiger partial charge in [-0.15, -0.1) is 0 Å². The molecule has 3 N–H and O–H groups in total. The minimum Gasteiger partial charge on any atom is -0.394 e. The molecule has 2 heterocycles. The van der Waals surface area contributed by atoms with Crippen LogP contribution in [0.2, 0.25) is 0 Å². The molecule has 1 aromatic rings. The predicted octanol–water partition coefficient (Wildman–Crippen LogP) is -1.23. The molecule has 1 atom stereocenters. The van der Waals surface area contributed by atoms with Gasteiger partial charge in [0, 0.05) is 31.0 Å². The Morgan fingerprint density at radius 2 is 2.33 bits per heavy atom. The lowest BCUT2D eigenvalue weighted by atomic mass is 10.3. The highest BCUT2D eigenvalue weighted by Crippen LogP contribution is 2.18. The molecule has 114 valence electrons. The van der Waals surface area contributed by atoms with Gasteiger partial charge in [0.2, 0.25) is 10.0 Å². The standard InChI is InChI=1S/C13H17N3O4S/c14-3-1-2-11-6-13(8-15-7-11)21(18,19)16-4-5-20-12(9-16)10-17/h6-8,12,17H,3-5,9-10,14H2. The number of morpholine rings is 1. The fourth-order valence-electron chi connectivity index (χ4n) is 1.95. The lowest BCUT2D eigenvalue weighted by molar-refractivity contribution is -0.0304. The van der Waals surface area contributed by atoms with Crippen LogP contribution in [0.1, 0.15) is 5.56 Å². The monoisotopic (exact) mass is 311 g/mol. The van der Waals surface area contributed by atoms with E-state index in [4.69, 9.17) is 15.6 Å². The van der Waals surface area contributed by atoms with E-state index in [2.05, 4.69) is 16.8 Å². The highest BCUT2D eigenvalue weighted by molar-refractivity contribution is 7.89. The van der Waals surface area contributed by atoms with Gasteiger partial charge in [-0.25, -0.2) is 8.42 Å². The lowest BCUT2D eigenvalue weighted by Gasteiger charge is -2.31. The quantitative estimate of drug-likeness (QED) is 0.677. The van der Waals surface area contributed by atoms with Crippen LogP contribution in [0, 0.1) is 11.8 Å². The van der Waals surface area contributed by atoms with Crippen molar-refractivity contribution in [1.82, 2.24) is 9.29 Å². The maximum absolute atomic E-state index is 12.6. The van der Waals surface area contributed by atoms with E-state index in [1.807, 2.05) is 0 Å². The molecule has 1 unspecified atom stereocenters. The maximum atomic E-state index is 12.6. The van der Waals surface area contributed by atoms with Crippen LogP contribution >= 0.6 is 0 Å². The molecule has 1 aliphatic heterocycles. The van der Waals surface area contributed by atoms with E-state index < -0.39 is 16.1 Å².